The van der Waals surface area contributed by atoms with Gasteiger partial charge < -0.3 is 11.5 Å². The smallest absolute Gasteiger partial charge is 0.0440 e. The molecular weight excluding hydrogens is 444 g/mol. The molecule has 3 aromatic rings. The Balaban J connectivity index is 2.26. The number of hydrogen-bond donors (Lipinski definition) is 2. The zero-order valence-electron chi connectivity index (χ0n) is 24.0. The standard InChI is InChI=1S/C32H46N2S/c1-29(2,3)19-15-21(27(33)23(17-19)31(7,8)9)25-13-14-26(35-25)22-16-20(30(4,5)6)18-24(28(22)34)32(10,11)12/h13-18H,33-34H2,1-12H3. The third kappa shape index (κ3) is 5.61. The summed E-state index contributed by atoms with van der Waals surface area (Å²) in [6, 6.07) is 13.6. The van der Waals surface area contributed by atoms with Crippen molar-refractivity contribution >= 4 is 22.7 Å². The molecule has 3 heteroatoms. The van der Waals surface area contributed by atoms with Gasteiger partial charge >= 0.3 is 0 Å². The molecule has 0 aliphatic heterocycles. The fraction of sp³-hybridized carbons (Fsp3) is 0.500. The van der Waals surface area contributed by atoms with Crippen LogP contribution in [0.25, 0.3) is 20.9 Å². The van der Waals surface area contributed by atoms with Crippen LogP contribution in [0.1, 0.15) is 105 Å². The van der Waals surface area contributed by atoms with E-state index in [0.717, 1.165) is 22.5 Å². The molecule has 0 unspecified atom stereocenters. The van der Waals surface area contributed by atoms with Gasteiger partial charge in [0.1, 0.15) is 0 Å². The molecule has 4 N–H and O–H groups in total. The second-order valence-corrected chi connectivity index (χ2v) is 15.2. The van der Waals surface area contributed by atoms with E-state index < -0.39 is 0 Å². The molecule has 0 aliphatic carbocycles. The van der Waals surface area contributed by atoms with Crippen molar-refractivity contribution in [2.45, 2.75) is 105 Å². The van der Waals surface area contributed by atoms with E-state index in [9.17, 15) is 0 Å². The zero-order chi connectivity index (χ0) is 26.7. The maximum absolute atomic E-state index is 6.84. The van der Waals surface area contributed by atoms with E-state index in [1.54, 1.807) is 11.3 Å². The molecule has 0 atom stereocenters. The van der Waals surface area contributed by atoms with Crippen LogP contribution in [-0.2, 0) is 21.7 Å². The molecule has 0 saturated heterocycles. The summed E-state index contributed by atoms with van der Waals surface area (Å²) >= 11 is 1.78. The second-order valence-electron chi connectivity index (χ2n) is 14.1. The highest BCUT2D eigenvalue weighted by Gasteiger charge is 2.27. The van der Waals surface area contributed by atoms with Crippen LogP contribution in [0, 0.1) is 0 Å². The van der Waals surface area contributed by atoms with E-state index in [-0.39, 0.29) is 21.7 Å². The van der Waals surface area contributed by atoms with Crippen molar-refractivity contribution in [3.63, 3.8) is 0 Å². The van der Waals surface area contributed by atoms with E-state index in [2.05, 4.69) is 119 Å². The lowest BCUT2D eigenvalue weighted by atomic mass is 9.78. The second kappa shape index (κ2) is 8.69. The Labute approximate surface area is 218 Å². The normalized spacial score (nSPS) is 13.4. The molecule has 2 aromatic carbocycles. The average molecular weight is 491 g/mol. The van der Waals surface area contributed by atoms with Crippen LogP contribution in [0.2, 0.25) is 0 Å². The topological polar surface area (TPSA) is 52.0 Å². The molecule has 190 valence electrons. The number of benzene rings is 2. The molecule has 0 fully saturated rings. The minimum Gasteiger partial charge on any atom is -0.398 e. The van der Waals surface area contributed by atoms with Crippen molar-refractivity contribution in [2.24, 2.45) is 0 Å². The highest BCUT2D eigenvalue weighted by atomic mass is 32.1. The quantitative estimate of drug-likeness (QED) is 0.351. The van der Waals surface area contributed by atoms with E-state index in [1.807, 2.05) is 0 Å². The predicted octanol–water partition coefficient (Wildman–Crippen LogP) is 9.44. The van der Waals surface area contributed by atoms with Gasteiger partial charge in [0.25, 0.3) is 0 Å². The van der Waals surface area contributed by atoms with Crippen LogP contribution in [0.4, 0.5) is 11.4 Å². The minimum absolute atomic E-state index is 0.0345. The Kier molecular flexibility index (Phi) is 6.79. The van der Waals surface area contributed by atoms with E-state index >= 15 is 0 Å². The van der Waals surface area contributed by atoms with Crippen LogP contribution >= 0.6 is 11.3 Å². The summed E-state index contributed by atoms with van der Waals surface area (Å²) in [5.41, 5.74) is 22.7. The van der Waals surface area contributed by atoms with E-state index in [4.69, 9.17) is 11.5 Å². The molecule has 0 amide bonds. The maximum atomic E-state index is 6.84. The van der Waals surface area contributed by atoms with Gasteiger partial charge in [-0.1, -0.05) is 95.2 Å². The Morgan fingerprint density at radius 3 is 1.06 bits per heavy atom. The summed E-state index contributed by atoms with van der Waals surface area (Å²) in [6.07, 6.45) is 0. The summed E-state index contributed by atoms with van der Waals surface area (Å²) in [4.78, 5) is 2.37. The van der Waals surface area contributed by atoms with Crippen molar-refractivity contribution in [1.29, 1.82) is 0 Å². The van der Waals surface area contributed by atoms with Crippen molar-refractivity contribution < 1.29 is 0 Å². The monoisotopic (exact) mass is 490 g/mol. The van der Waals surface area contributed by atoms with Crippen molar-refractivity contribution in [3.8, 4) is 20.9 Å². The van der Waals surface area contributed by atoms with Gasteiger partial charge in [-0.3, -0.25) is 0 Å². The van der Waals surface area contributed by atoms with Crippen molar-refractivity contribution in [2.75, 3.05) is 11.5 Å². The van der Waals surface area contributed by atoms with Gasteiger partial charge in [0.2, 0.25) is 0 Å². The fourth-order valence-corrected chi connectivity index (χ4v) is 5.52. The van der Waals surface area contributed by atoms with Crippen molar-refractivity contribution in [1.82, 2.24) is 0 Å². The third-order valence-electron chi connectivity index (χ3n) is 6.85. The first-order valence-corrected chi connectivity index (χ1v) is 13.5. The third-order valence-corrected chi connectivity index (χ3v) is 8.00. The number of nitrogen functional groups attached to an aromatic ring is 2. The fourth-order valence-electron chi connectivity index (χ4n) is 4.45. The Bertz CT molecular complexity index is 1140. The van der Waals surface area contributed by atoms with Gasteiger partial charge in [-0.05, 0) is 68.2 Å². The number of hydrogen-bond acceptors (Lipinski definition) is 3. The zero-order valence-corrected chi connectivity index (χ0v) is 24.8. The van der Waals surface area contributed by atoms with E-state index in [0.29, 0.717) is 0 Å². The Morgan fingerprint density at radius 1 is 0.486 bits per heavy atom. The summed E-state index contributed by atoms with van der Waals surface area (Å²) in [7, 11) is 0. The van der Waals surface area contributed by atoms with Gasteiger partial charge in [0, 0.05) is 32.3 Å². The molecular formula is C32H46N2S. The molecule has 1 heterocycles. The molecule has 0 spiro atoms. The first kappa shape index (κ1) is 27.3. The van der Waals surface area contributed by atoms with Crippen molar-refractivity contribution in [3.05, 3.63) is 58.7 Å². The molecule has 0 aliphatic rings. The molecule has 0 saturated carbocycles. The summed E-state index contributed by atoms with van der Waals surface area (Å²) < 4.78 is 0. The van der Waals surface area contributed by atoms with Gasteiger partial charge in [0.05, 0.1) is 0 Å². The predicted molar refractivity (Wildman–Crippen MR) is 159 cm³/mol. The Hall–Kier alpha value is -2.26. The average Bonchev–Trinajstić information content (AvgIpc) is 3.14. The molecule has 0 bridgehead atoms. The summed E-state index contributed by atoms with van der Waals surface area (Å²) in [6.45, 7) is 27.0. The Morgan fingerprint density at radius 2 is 0.800 bits per heavy atom. The summed E-state index contributed by atoms with van der Waals surface area (Å²) in [5.74, 6) is 0. The van der Waals surface area contributed by atoms with Crippen LogP contribution < -0.4 is 11.5 Å². The number of thiophene rings is 1. The first-order chi connectivity index (χ1) is 15.7. The highest BCUT2D eigenvalue weighted by molar-refractivity contribution is 7.19. The first-order valence-electron chi connectivity index (χ1n) is 12.7. The highest BCUT2D eigenvalue weighted by Crippen LogP contribution is 2.46. The van der Waals surface area contributed by atoms with Gasteiger partial charge in [-0.15, -0.1) is 11.3 Å². The van der Waals surface area contributed by atoms with Crippen LogP contribution in [-0.4, -0.2) is 0 Å². The molecule has 2 nitrogen and oxygen atoms in total. The SMILES string of the molecule is CC(C)(C)c1cc(-c2ccc(-c3cc(C(C)(C)C)cc(C(C)(C)C)c3N)s2)c(N)c(C(C)(C)C)c1. The van der Waals surface area contributed by atoms with Gasteiger partial charge in [-0.2, -0.15) is 0 Å². The van der Waals surface area contributed by atoms with Crippen LogP contribution in [0.15, 0.2) is 36.4 Å². The molecule has 3 rings (SSSR count). The lowest BCUT2D eigenvalue weighted by Crippen LogP contribution is -2.18. The van der Waals surface area contributed by atoms with Gasteiger partial charge in [-0.25, -0.2) is 0 Å². The van der Waals surface area contributed by atoms with Crippen LogP contribution in [0.5, 0.6) is 0 Å². The maximum Gasteiger partial charge on any atom is 0.0440 e. The minimum atomic E-state index is -0.0345. The lowest BCUT2D eigenvalue weighted by Gasteiger charge is -2.28. The van der Waals surface area contributed by atoms with E-state index in [1.165, 1.54) is 32.0 Å². The largest absolute Gasteiger partial charge is 0.398 e. The number of anilines is 2. The van der Waals surface area contributed by atoms with Crippen LogP contribution in [0.3, 0.4) is 0 Å². The number of nitrogens with two attached hydrogens (primary N) is 2. The molecule has 1 aromatic heterocycles. The molecule has 0 radical (unpaired) electrons. The van der Waals surface area contributed by atoms with Gasteiger partial charge in [0.15, 0.2) is 0 Å². The molecule has 35 heavy (non-hydrogen) atoms. The number of rotatable bonds is 2. The lowest BCUT2D eigenvalue weighted by molar-refractivity contribution is 0.570. The summed E-state index contributed by atoms with van der Waals surface area (Å²) in [5, 5.41) is 0.